The molecule has 2 aromatic carbocycles. The molecule has 0 unspecified atom stereocenters. The van der Waals surface area contributed by atoms with Crippen LogP contribution in [-0.4, -0.2) is 19.0 Å². The number of carbonyl (C=O) groups excluding carboxylic acids is 2. The van der Waals surface area contributed by atoms with Gasteiger partial charge in [0, 0.05) is 16.9 Å². The molecule has 2 aromatic rings. The highest BCUT2D eigenvalue weighted by atomic mass is 79.9. The lowest BCUT2D eigenvalue weighted by molar-refractivity contribution is -0.306. The van der Waals surface area contributed by atoms with Crippen molar-refractivity contribution in [3.05, 3.63) is 64.1 Å². The van der Waals surface area contributed by atoms with E-state index in [-0.39, 0.29) is 12.3 Å². The first-order chi connectivity index (χ1) is 11.0. The predicted molar refractivity (Wildman–Crippen MR) is 87.0 cm³/mol. The zero-order valence-corrected chi connectivity index (χ0v) is 14.0. The third-order valence-corrected chi connectivity index (χ3v) is 4.00. The number of benzene rings is 2. The van der Waals surface area contributed by atoms with Gasteiger partial charge >= 0.3 is 0 Å². The maximum Gasteiger partial charge on any atom is 0.252 e. The summed E-state index contributed by atoms with van der Waals surface area (Å²) >= 11 is 3.31. The normalized spacial score (nSPS) is 11.6. The van der Waals surface area contributed by atoms with Crippen LogP contribution >= 0.6 is 15.9 Å². The van der Waals surface area contributed by atoms with E-state index in [0.29, 0.717) is 21.3 Å². The molecule has 1 atom stereocenters. The molecule has 0 heterocycles. The van der Waals surface area contributed by atoms with E-state index in [1.165, 1.54) is 0 Å². The van der Waals surface area contributed by atoms with Crippen LogP contribution in [-0.2, 0) is 4.79 Å². The number of carboxylic acid groups (broad SMARTS) is 1. The van der Waals surface area contributed by atoms with Gasteiger partial charge in [0.05, 0.1) is 18.7 Å². The van der Waals surface area contributed by atoms with E-state index < -0.39 is 12.0 Å². The van der Waals surface area contributed by atoms with Gasteiger partial charge in [-0.1, -0.05) is 24.3 Å². The van der Waals surface area contributed by atoms with Gasteiger partial charge in [0.2, 0.25) is 0 Å². The Hall–Kier alpha value is -2.34. The number of aliphatic carboxylic acids is 1. The van der Waals surface area contributed by atoms with Crippen LogP contribution in [0.3, 0.4) is 0 Å². The number of carbonyl (C=O) groups is 2. The zero-order valence-electron chi connectivity index (χ0n) is 12.4. The minimum Gasteiger partial charge on any atom is -0.550 e. The second kappa shape index (κ2) is 7.78. The highest BCUT2D eigenvalue weighted by molar-refractivity contribution is 9.10. The van der Waals surface area contributed by atoms with Gasteiger partial charge in [-0.15, -0.1) is 0 Å². The van der Waals surface area contributed by atoms with Crippen LogP contribution < -0.4 is 15.2 Å². The molecule has 0 aliphatic carbocycles. The number of methoxy groups -OCH3 is 1. The minimum absolute atomic E-state index is 0.317. The van der Waals surface area contributed by atoms with Crippen LogP contribution in [0.15, 0.2) is 53.0 Å². The summed E-state index contributed by atoms with van der Waals surface area (Å²) in [6, 6.07) is 13.1. The Morgan fingerprint density at radius 3 is 2.39 bits per heavy atom. The van der Waals surface area contributed by atoms with Crippen LogP contribution in [0.5, 0.6) is 5.75 Å². The van der Waals surface area contributed by atoms with Crippen molar-refractivity contribution in [3.8, 4) is 5.75 Å². The van der Waals surface area contributed by atoms with E-state index in [4.69, 9.17) is 4.74 Å². The van der Waals surface area contributed by atoms with Crippen molar-refractivity contribution >= 4 is 27.8 Å². The molecular formula is C17H15BrNO4-. The van der Waals surface area contributed by atoms with E-state index in [2.05, 4.69) is 21.2 Å². The van der Waals surface area contributed by atoms with Crippen molar-refractivity contribution in [2.75, 3.05) is 7.11 Å². The van der Waals surface area contributed by atoms with Crippen molar-refractivity contribution in [2.24, 2.45) is 0 Å². The number of rotatable bonds is 6. The molecule has 0 fully saturated rings. The van der Waals surface area contributed by atoms with Gasteiger partial charge in [0.25, 0.3) is 5.91 Å². The first-order valence-electron chi connectivity index (χ1n) is 6.90. The molecule has 5 nitrogen and oxygen atoms in total. The fraction of sp³-hybridized carbons (Fsp3) is 0.176. The van der Waals surface area contributed by atoms with Crippen LogP contribution in [0.4, 0.5) is 0 Å². The van der Waals surface area contributed by atoms with E-state index in [1.54, 1.807) is 55.6 Å². The third-order valence-electron chi connectivity index (χ3n) is 3.31. The first-order valence-corrected chi connectivity index (χ1v) is 7.69. The molecule has 0 saturated heterocycles. The summed E-state index contributed by atoms with van der Waals surface area (Å²) in [5, 5.41) is 13.7. The zero-order chi connectivity index (χ0) is 16.8. The fourth-order valence-electron chi connectivity index (χ4n) is 2.14. The number of ether oxygens (including phenoxy) is 1. The monoisotopic (exact) mass is 376 g/mol. The van der Waals surface area contributed by atoms with Gasteiger partial charge in [-0.2, -0.15) is 0 Å². The third kappa shape index (κ3) is 4.56. The topological polar surface area (TPSA) is 78.5 Å². The van der Waals surface area contributed by atoms with Gasteiger partial charge < -0.3 is 20.0 Å². The number of nitrogens with one attached hydrogen (secondary N) is 1. The predicted octanol–water partition coefficient (Wildman–Crippen LogP) is 2.07. The molecule has 1 N–H and O–H groups in total. The van der Waals surface area contributed by atoms with Crippen LogP contribution in [0.25, 0.3) is 0 Å². The van der Waals surface area contributed by atoms with Crippen LogP contribution in [0.2, 0.25) is 0 Å². The second-order valence-corrected chi connectivity index (χ2v) is 5.71. The Bertz CT molecular complexity index is 700. The quantitative estimate of drug-likeness (QED) is 0.836. The molecule has 0 bridgehead atoms. The fourth-order valence-corrected chi connectivity index (χ4v) is 2.60. The Morgan fingerprint density at radius 2 is 1.83 bits per heavy atom. The average Bonchev–Trinajstić information content (AvgIpc) is 2.54. The first kappa shape index (κ1) is 17.0. The maximum atomic E-state index is 12.4. The number of halogens is 1. The van der Waals surface area contributed by atoms with Crippen molar-refractivity contribution in [3.63, 3.8) is 0 Å². The maximum absolute atomic E-state index is 12.4. The number of amides is 1. The van der Waals surface area contributed by atoms with Gasteiger partial charge in [-0.3, -0.25) is 4.79 Å². The Balaban J connectivity index is 2.23. The molecular weight excluding hydrogens is 362 g/mol. The standard InChI is InChI=1S/C17H16BrNO4/c1-23-12-8-6-11(7-9-12)15(10-16(20)21)19-17(22)13-4-2-3-5-14(13)18/h2-9,15H,10H2,1H3,(H,19,22)(H,20,21)/p-1/t15-/m0/s1. The molecule has 2 rings (SSSR count). The lowest BCUT2D eigenvalue weighted by atomic mass is 10.0. The molecule has 0 aliphatic rings. The molecule has 1 amide bonds. The molecule has 120 valence electrons. The molecule has 0 aliphatic heterocycles. The van der Waals surface area contributed by atoms with Gasteiger partial charge in [0.15, 0.2) is 0 Å². The van der Waals surface area contributed by atoms with E-state index in [1.807, 2.05) is 0 Å². The molecule has 23 heavy (non-hydrogen) atoms. The molecule has 0 radical (unpaired) electrons. The Labute approximate surface area is 142 Å². The summed E-state index contributed by atoms with van der Waals surface area (Å²) in [4.78, 5) is 23.4. The van der Waals surface area contributed by atoms with Crippen molar-refractivity contribution in [2.45, 2.75) is 12.5 Å². The van der Waals surface area contributed by atoms with E-state index in [0.717, 1.165) is 0 Å². The summed E-state index contributed by atoms with van der Waals surface area (Å²) in [5.41, 5.74) is 1.10. The molecule has 0 saturated carbocycles. The Kier molecular flexibility index (Phi) is 5.76. The lowest BCUT2D eigenvalue weighted by Crippen LogP contribution is -2.34. The van der Waals surface area contributed by atoms with Crippen LogP contribution in [0.1, 0.15) is 28.4 Å². The number of carboxylic acids is 1. The SMILES string of the molecule is COc1ccc([C@H](CC(=O)[O-])NC(=O)c2ccccc2Br)cc1. The number of hydrogen-bond acceptors (Lipinski definition) is 4. The van der Waals surface area contributed by atoms with Crippen molar-refractivity contribution < 1.29 is 19.4 Å². The molecule has 0 spiro atoms. The summed E-state index contributed by atoms with van der Waals surface area (Å²) in [7, 11) is 1.54. The number of hydrogen-bond donors (Lipinski definition) is 1. The van der Waals surface area contributed by atoms with Crippen molar-refractivity contribution in [1.82, 2.24) is 5.32 Å². The lowest BCUT2D eigenvalue weighted by Gasteiger charge is -2.20. The van der Waals surface area contributed by atoms with Crippen LogP contribution in [0, 0.1) is 0 Å². The van der Waals surface area contributed by atoms with E-state index in [9.17, 15) is 14.7 Å². The largest absolute Gasteiger partial charge is 0.550 e. The smallest absolute Gasteiger partial charge is 0.252 e. The summed E-state index contributed by atoms with van der Waals surface area (Å²) in [6.07, 6.45) is -0.317. The summed E-state index contributed by atoms with van der Waals surface area (Å²) < 4.78 is 5.71. The second-order valence-electron chi connectivity index (χ2n) is 4.86. The highest BCUT2D eigenvalue weighted by Crippen LogP contribution is 2.22. The minimum atomic E-state index is -1.24. The van der Waals surface area contributed by atoms with Crippen molar-refractivity contribution in [1.29, 1.82) is 0 Å². The van der Waals surface area contributed by atoms with E-state index >= 15 is 0 Å². The van der Waals surface area contributed by atoms with Gasteiger partial charge in [-0.05, 0) is 45.8 Å². The Morgan fingerprint density at radius 1 is 1.17 bits per heavy atom. The average molecular weight is 377 g/mol. The summed E-state index contributed by atoms with van der Waals surface area (Å²) in [5.74, 6) is -0.948. The molecule has 6 heteroatoms. The molecule has 0 aromatic heterocycles. The van der Waals surface area contributed by atoms with Gasteiger partial charge in [0.1, 0.15) is 5.75 Å². The summed E-state index contributed by atoms with van der Waals surface area (Å²) in [6.45, 7) is 0. The highest BCUT2D eigenvalue weighted by Gasteiger charge is 2.17. The van der Waals surface area contributed by atoms with Gasteiger partial charge in [-0.25, -0.2) is 0 Å².